The number of esters is 2. The van der Waals surface area contributed by atoms with Crippen LogP contribution in [-0.4, -0.2) is 167 Å². The quantitative estimate of drug-likeness (QED) is 0.0441. The molecular weight excluding hydrogens is 726 g/mol. The molecule has 10 N–H and O–H groups in total. The van der Waals surface area contributed by atoms with Crippen molar-refractivity contribution in [1.82, 2.24) is 15.0 Å². The Hall–Kier alpha value is -2.54. The summed E-state index contributed by atoms with van der Waals surface area (Å²) in [6, 6.07) is -1.06. The second-order valence-corrected chi connectivity index (χ2v) is 14.0. The Kier molecular flexibility index (Phi) is 19.2. The molecule has 3 rings (SSSR count). The molecule has 1 aromatic heterocycles. The Balaban J connectivity index is 1.54. The van der Waals surface area contributed by atoms with Crippen molar-refractivity contribution < 1.29 is 73.8 Å². The summed E-state index contributed by atoms with van der Waals surface area (Å²) in [6.45, 7) is 2.43. The van der Waals surface area contributed by atoms with E-state index in [9.17, 15) is 50.1 Å². The molecular formula is C32H55N5O15S. The van der Waals surface area contributed by atoms with Gasteiger partial charge in [-0.25, -0.2) is 4.68 Å². The van der Waals surface area contributed by atoms with Crippen LogP contribution in [0.3, 0.4) is 0 Å². The summed E-state index contributed by atoms with van der Waals surface area (Å²) < 4.78 is 28.5. The second kappa shape index (κ2) is 22.7. The Morgan fingerprint density at radius 2 is 1.55 bits per heavy atom. The van der Waals surface area contributed by atoms with Crippen molar-refractivity contribution in [1.29, 1.82) is 0 Å². The maximum Gasteiger partial charge on any atom is 0.306 e. The van der Waals surface area contributed by atoms with Gasteiger partial charge in [-0.1, -0.05) is 44.7 Å². The minimum absolute atomic E-state index is 0.0881. The van der Waals surface area contributed by atoms with Crippen LogP contribution < -0.4 is 11.1 Å². The van der Waals surface area contributed by atoms with Gasteiger partial charge in [0.05, 0.1) is 25.5 Å². The molecule has 1 aromatic rings. The smallest absolute Gasteiger partial charge is 0.306 e. The molecule has 0 bridgehead atoms. The Morgan fingerprint density at radius 3 is 2.19 bits per heavy atom. The highest BCUT2D eigenvalue weighted by Crippen LogP contribution is 2.33. The number of hydrogen-bond donors (Lipinski definition) is 9. The van der Waals surface area contributed by atoms with Crippen molar-refractivity contribution in [3.63, 3.8) is 0 Å². The molecule has 9 unspecified atom stereocenters. The van der Waals surface area contributed by atoms with Crippen molar-refractivity contribution in [2.24, 2.45) is 5.73 Å². The molecule has 304 valence electrons. The van der Waals surface area contributed by atoms with Gasteiger partial charge in [0.2, 0.25) is 5.91 Å². The van der Waals surface area contributed by atoms with Crippen molar-refractivity contribution >= 4 is 35.4 Å². The van der Waals surface area contributed by atoms with E-state index in [-0.39, 0.29) is 42.7 Å². The fraction of sp³-hybridized carbons (Fsp3) is 0.844. The van der Waals surface area contributed by atoms with Crippen LogP contribution in [0.4, 0.5) is 5.82 Å². The number of aliphatic hydroxyl groups excluding tert-OH is 7. The van der Waals surface area contributed by atoms with E-state index in [1.165, 1.54) is 18.0 Å². The first-order valence-electron chi connectivity index (χ1n) is 17.8. The average Bonchev–Trinajstić information content (AvgIpc) is 3.60. The highest BCUT2D eigenvalue weighted by atomic mass is 32.2. The van der Waals surface area contributed by atoms with Gasteiger partial charge in [0.1, 0.15) is 61.5 Å². The molecule has 21 heteroatoms. The van der Waals surface area contributed by atoms with Gasteiger partial charge in [0, 0.05) is 24.3 Å². The van der Waals surface area contributed by atoms with E-state index in [0.29, 0.717) is 12.8 Å². The Bertz CT molecular complexity index is 1260. The largest absolute Gasteiger partial charge is 0.462 e. The number of carbonyl (C=O) groups excluding carboxylic acids is 3. The molecule has 2 saturated heterocycles. The van der Waals surface area contributed by atoms with Crippen LogP contribution in [0.15, 0.2) is 6.20 Å². The van der Waals surface area contributed by atoms with E-state index in [0.717, 1.165) is 30.4 Å². The molecule has 53 heavy (non-hydrogen) atoms. The van der Waals surface area contributed by atoms with Crippen molar-refractivity contribution in [2.45, 2.75) is 139 Å². The SMILES string of the molecule is CCCCCC(=O)OC[C@H](CSC[C@@H](N)C(=O)Nc1cn([C@@H]2OC(CO)C(OC3OC(CO)C(O)C(O)C3O)C(O)C2O)nn1)OC(=O)CCCCC. The van der Waals surface area contributed by atoms with Gasteiger partial charge < -0.3 is 70.5 Å². The number of hydrogen-bond acceptors (Lipinski definition) is 19. The first-order valence-corrected chi connectivity index (χ1v) is 19.0. The third kappa shape index (κ3) is 13.3. The number of unbranched alkanes of at least 4 members (excludes halogenated alkanes) is 4. The normalized spacial score (nSPS) is 30.0. The van der Waals surface area contributed by atoms with Crippen molar-refractivity contribution in [2.75, 3.05) is 36.6 Å². The fourth-order valence-electron chi connectivity index (χ4n) is 5.53. The number of amides is 1. The maximum absolute atomic E-state index is 12.9. The first kappa shape index (κ1) is 44.9. The third-order valence-corrected chi connectivity index (χ3v) is 9.84. The number of aromatic nitrogens is 3. The second-order valence-electron chi connectivity index (χ2n) is 13.0. The Morgan fingerprint density at radius 1 is 0.887 bits per heavy atom. The molecule has 0 radical (unpaired) electrons. The van der Waals surface area contributed by atoms with Crippen LogP contribution >= 0.6 is 11.8 Å². The van der Waals surface area contributed by atoms with Gasteiger partial charge in [-0.15, -0.1) is 5.10 Å². The van der Waals surface area contributed by atoms with Gasteiger partial charge in [-0.3, -0.25) is 14.4 Å². The fourth-order valence-corrected chi connectivity index (χ4v) is 6.49. The number of ether oxygens (including phenoxy) is 5. The maximum atomic E-state index is 12.9. The van der Waals surface area contributed by atoms with E-state index in [2.05, 4.69) is 15.6 Å². The zero-order valence-corrected chi connectivity index (χ0v) is 30.7. The third-order valence-electron chi connectivity index (χ3n) is 8.64. The number of thioether (sulfide) groups is 1. The zero-order valence-electron chi connectivity index (χ0n) is 29.9. The number of nitrogens with zero attached hydrogens (tertiary/aromatic N) is 3. The molecule has 0 saturated carbocycles. The highest BCUT2D eigenvalue weighted by Gasteiger charge is 2.51. The van der Waals surface area contributed by atoms with Gasteiger partial charge in [0.25, 0.3) is 0 Å². The molecule has 3 heterocycles. The summed E-state index contributed by atoms with van der Waals surface area (Å²) >= 11 is 1.22. The topological polar surface area (TPSA) is 308 Å². The molecule has 2 fully saturated rings. The van der Waals surface area contributed by atoms with Crippen LogP contribution in [0.2, 0.25) is 0 Å². The lowest BCUT2D eigenvalue weighted by atomic mass is 9.96. The predicted octanol–water partition coefficient (Wildman–Crippen LogP) is -2.31. The number of carbonyl (C=O) groups is 3. The lowest BCUT2D eigenvalue weighted by molar-refractivity contribution is -0.347. The van der Waals surface area contributed by atoms with Crippen LogP contribution in [0, 0.1) is 0 Å². The van der Waals surface area contributed by atoms with Crippen LogP contribution in [0.1, 0.15) is 71.4 Å². The molecule has 0 aliphatic carbocycles. The standard InChI is InChI=1S/C32H55N5O15S/c1-3-5-7-9-22(40)48-14-17(49-23(41)10-8-6-4-2)15-53-16-18(33)30(47)34-21-11-37(36-35-21)31-27(45)26(44)29(20(13-39)50-31)52-32-28(46)25(43)24(42)19(12-38)51-32/h11,17-20,24-29,31-32,38-39,42-46H,3-10,12-16,33H2,1-2H3,(H,34,47)/t17-,18-,19?,20?,24?,25?,26?,27?,28?,29?,31-,32?/m1/s1. The van der Waals surface area contributed by atoms with Gasteiger partial charge in [0.15, 0.2) is 18.3 Å². The van der Waals surface area contributed by atoms with Crippen LogP contribution in [0.25, 0.3) is 0 Å². The van der Waals surface area contributed by atoms with Gasteiger partial charge in [-0.2, -0.15) is 11.8 Å². The van der Waals surface area contributed by atoms with E-state index in [1.54, 1.807) is 0 Å². The number of rotatable bonds is 22. The summed E-state index contributed by atoms with van der Waals surface area (Å²) in [4.78, 5) is 37.4. The van der Waals surface area contributed by atoms with Crippen molar-refractivity contribution in [3.8, 4) is 0 Å². The monoisotopic (exact) mass is 781 g/mol. The van der Waals surface area contributed by atoms with E-state index < -0.39 is 98.6 Å². The summed E-state index contributed by atoms with van der Waals surface area (Å²) in [7, 11) is 0. The zero-order chi connectivity index (χ0) is 39.1. The minimum Gasteiger partial charge on any atom is -0.462 e. The van der Waals surface area contributed by atoms with Crippen LogP contribution in [0.5, 0.6) is 0 Å². The number of aliphatic hydroxyl groups is 7. The molecule has 12 atom stereocenters. The molecule has 0 aromatic carbocycles. The number of anilines is 1. The van der Waals surface area contributed by atoms with E-state index in [1.807, 2.05) is 13.8 Å². The van der Waals surface area contributed by atoms with Crippen LogP contribution in [-0.2, 0) is 38.1 Å². The lowest BCUT2D eigenvalue weighted by Crippen LogP contribution is -2.63. The lowest BCUT2D eigenvalue weighted by Gasteiger charge is -2.45. The van der Waals surface area contributed by atoms with Crippen molar-refractivity contribution in [3.05, 3.63) is 6.20 Å². The molecule has 2 aliphatic heterocycles. The Labute approximate surface area is 311 Å². The molecule has 2 aliphatic rings. The number of nitrogens with two attached hydrogens (primary N) is 1. The predicted molar refractivity (Wildman–Crippen MR) is 185 cm³/mol. The van der Waals surface area contributed by atoms with Gasteiger partial charge in [-0.05, 0) is 12.8 Å². The van der Waals surface area contributed by atoms with Gasteiger partial charge >= 0.3 is 11.9 Å². The molecule has 1 amide bonds. The summed E-state index contributed by atoms with van der Waals surface area (Å²) in [5.74, 6) is -1.21. The molecule has 0 spiro atoms. The first-order chi connectivity index (χ1) is 25.3. The number of nitrogens with one attached hydrogen (secondary N) is 1. The summed E-state index contributed by atoms with van der Waals surface area (Å²) in [5, 5.41) is 81.8. The highest BCUT2D eigenvalue weighted by molar-refractivity contribution is 7.99. The summed E-state index contributed by atoms with van der Waals surface area (Å²) in [6.07, 6.45) is -10.1. The summed E-state index contributed by atoms with van der Waals surface area (Å²) in [5.41, 5.74) is 6.09. The molecule has 20 nitrogen and oxygen atoms in total. The van der Waals surface area contributed by atoms with E-state index in [4.69, 9.17) is 29.4 Å². The minimum atomic E-state index is -1.82. The van der Waals surface area contributed by atoms with E-state index >= 15 is 0 Å². The average molecular weight is 782 g/mol.